The normalized spacial score (nSPS) is 24.6. The smallest absolute Gasteiger partial charge is 0.257 e. The molecule has 1 aliphatic heterocycles. The summed E-state index contributed by atoms with van der Waals surface area (Å²) in [4.78, 5) is 25.1. The lowest BCUT2D eigenvalue weighted by molar-refractivity contribution is -0.129. The number of carbonyl (C=O) groups is 2. The van der Waals surface area contributed by atoms with Gasteiger partial charge in [-0.1, -0.05) is 0 Å². The van der Waals surface area contributed by atoms with Gasteiger partial charge in [-0.25, -0.2) is 0 Å². The number of hydrogen-bond donors (Lipinski definition) is 1. The summed E-state index contributed by atoms with van der Waals surface area (Å²) >= 11 is 0. The molecular formula is C12H16N2O3. The lowest BCUT2D eigenvalue weighted by Gasteiger charge is -2.38. The van der Waals surface area contributed by atoms with Crippen LogP contribution < -0.4 is 5.73 Å². The van der Waals surface area contributed by atoms with Gasteiger partial charge < -0.3 is 15.1 Å². The molecule has 0 aliphatic carbocycles. The van der Waals surface area contributed by atoms with Crippen molar-refractivity contribution >= 4 is 11.8 Å². The first-order valence-electron chi connectivity index (χ1n) is 5.64. The molecule has 1 atom stereocenters. The fourth-order valence-corrected chi connectivity index (χ4v) is 2.18. The Balaban J connectivity index is 2.13. The van der Waals surface area contributed by atoms with Gasteiger partial charge in [-0.3, -0.25) is 9.59 Å². The van der Waals surface area contributed by atoms with E-state index >= 15 is 0 Å². The van der Waals surface area contributed by atoms with E-state index in [1.54, 1.807) is 11.0 Å². The van der Waals surface area contributed by atoms with Gasteiger partial charge in [0.05, 0.1) is 17.2 Å². The number of primary amides is 1. The first-order chi connectivity index (χ1) is 8.03. The number of piperidine rings is 1. The van der Waals surface area contributed by atoms with E-state index in [0.717, 1.165) is 12.8 Å². The Morgan fingerprint density at radius 3 is 2.88 bits per heavy atom. The summed E-state index contributed by atoms with van der Waals surface area (Å²) in [5.74, 6) is -0.451. The van der Waals surface area contributed by atoms with Crippen LogP contribution in [0.2, 0.25) is 0 Å². The molecular weight excluding hydrogens is 220 g/mol. The van der Waals surface area contributed by atoms with Crippen LogP contribution in [0.3, 0.4) is 0 Å². The average molecular weight is 236 g/mol. The highest BCUT2D eigenvalue weighted by Crippen LogP contribution is 2.29. The highest BCUT2D eigenvalue weighted by Gasteiger charge is 2.38. The SMILES string of the molecule is CC1(C(N)=O)CCCN(C(=O)c2ccoc2)C1. The Hall–Kier alpha value is -1.78. The summed E-state index contributed by atoms with van der Waals surface area (Å²) in [6.45, 7) is 2.85. The largest absolute Gasteiger partial charge is 0.472 e. The quantitative estimate of drug-likeness (QED) is 0.832. The number of furan rings is 1. The van der Waals surface area contributed by atoms with E-state index in [9.17, 15) is 9.59 Å². The van der Waals surface area contributed by atoms with E-state index in [4.69, 9.17) is 10.2 Å². The first kappa shape index (κ1) is 11.7. The van der Waals surface area contributed by atoms with E-state index in [1.807, 2.05) is 6.92 Å². The van der Waals surface area contributed by atoms with Crippen LogP contribution in [0.5, 0.6) is 0 Å². The van der Waals surface area contributed by atoms with Crippen molar-refractivity contribution < 1.29 is 14.0 Å². The van der Waals surface area contributed by atoms with Gasteiger partial charge in [-0.2, -0.15) is 0 Å². The van der Waals surface area contributed by atoms with Crippen molar-refractivity contribution in [2.75, 3.05) is 13.1 Å². The van der Waals surface area contributed by atoms with Crippen molar-refractivity contribution in [3.63, 3.8) is 0 Å². The van der Waals surface area contributed by atoms with Crippen LogP contribution in [0.1, 0.15) is 30.1 Å². The number of rotatable bonds is 2. The van der Waals surface area contributed by atoms with Gasteiger partial charge in [0.2, 0.25) is 5.91 Å². The Bertz CT molecular complexity index is 427. The van der Waals surface area contributed by atoms with Gasteiger partial charge in [0.15, 0.2) is 0 Å². The molecule has 1 aromatic rings. The molecule has 1 fully saturated rings. The number of nitrogens with zero attached hydrogens (tertiary/aromatic N) is 1. The summed E-state index contributed by atoms with van der Waals surface area (Å²) in [5.41, 5.74) is 5.29. The summed E-state index contributed by atoms with van der Waals surface area (Å²) in [6, 6.07) is 1.62. The molecule has 1 aromatic heterocycles. The molecule has 2 heterocycles. The molecule has 17 heavy (non-hydrogen) atoms. The van der Waals surface area contributed by atoms with Crippen molar-refractivity contribution in [3.8, 4) is 0 Å². The van der Waals surface area contributed by atoms with E-state index < -0.39 is 5.41 Å². The minimum absolute atomic E-state index is 0.106. The zero-order valence-corrected chi connectivity index (χ0v) is 9.81. The number of nitrogens with two attached hydrogens (primary N) is 1. The van der Waals surface area contributed by atoms with Crippen LogP contribution in [0.15, 0.2) is 23.0 Å². The summed E-state index contributed by atoms with van der Waals surface area (Å²) in [6.07, 6.45) is 4.41. The van der Waals surface area contributed by atoms with Crippen LogP contribution in [-0.2, 0) is 4.79 Å². The van der Waals surface area contributed by atoms with E-state index in [1.165, 1.54) is 12.5 Å². The van der Waals surface area contributed by atoms with Gasteiger partial charge >= 0.3 is 0 Å². The van der Waals surface area contributed by atoms with Crippen molar-refractivity contribution in [1.82, 2.24) is 4.90 Å². The predicted molar refractivity (Wildman–Crippen MR) is 61.1 cm³/mol. The predicted octanol–water partition coefficient (Wildman–Crippen LogP) is 1.01. The van der Waals surface area contributed by atoms with Crippen LogP contribution >= 0.6 is 0 Å². The first-order valence-corrected chi connectivity index (χ1v) is 5.64. The lowest BCUT2D eigenvalue weighted by atomic mass is 9.81. The number of amides is 2. The van der Waals surface area contributed by atoms with Gasteiger partial charge in [0.25, 0.3) is 5.91 Å². The molecule has 0 spiro atoms. The standard InChI is InChI=1S/C12H16N2O3/c1-12(11(13)16)4-2-5-14(8-12)10(15)9-3-6-17-7-9/h3,6-7H,2,4-5,8H2,1H3,(H2,13,16). The number of carbonyl (C=O) groups excluding carboxylic acids is 2. The van der Waals surface area contributed by atoms with Crippen LogP contribution in [0, 0.1) is 5.41 Å². The van der Waals surface area contributed by atoms with Gasteiger partial charge in [-0.15, -0.1) is 0 Å². The highest BCUT2D eigenvalue weighted by atomic mass is 16.3. The number of hydrogen-bond acceptors (Lipinski definition) is 3. The van der Waals surface area contributed by atoms with E-state index in [2.05, 4.69) is 0 Å². The molecule has 0 bridgehead atoms. The van der Waals surface area contributed by atoms with Crippen molar-refractivity contribution in [3.05, 3.63) is 24.2 Å². The summed E-state index contributed by atoms with van der Waals surface area (Å²) < 4.78 is 4.89. The highest BCUT2D eigenvalue weighted by molar-refractivity contribution is 5.94. The molecule has 0 radical (unpaired) electrons. The van der Waals surface area contributed by atoms with Crippen LogP contribution in [0.4, 0.5) is 0 Å². The third-order valence-corrected chi connectivity index (χ3v) is 3.35. The Kier molecular flexibility index (Phi) is 2.92. The van der Waals surface area contributed by atoms with Crippen LogP contribution in [-0.4, -0.2) is 29.8 Å². The molecule has 5 heteroatoms. The summed E-state index contributed by atoms with van der Waals surface area (Å²) in [7, 11) is 0. The third-order valence-electron chi connectivity index (χ3n) is 3.35. The van der Waals surface area contributed by atoms with Gasteiger partial charge in [0, 0.05) is 13.1 Å². The molecule has 0 saturated carbocycles. The van der Waals surface area contributed by atoms with Crippen molar-refractivity contribution in [1.29, 1.82) is 0 Å². The molecule has 2 rings (SSSR count). The molecule has 1 unspecified atom stereocenters. The minimum Gasteiger partial charge on any atom is -0.472 e. The zero-order valence-electron chi connectivity index (χ0n) is 9.81. The molecule has 2 amide bonds. The molecule has 5 nitrogen and oxygen atoms in total. The topological polar surface area (TPSA) is 76.5 Å². The maximum Gasteiger partial charge on any atom is 0.257 e. The molecule has 2 N–H and O–H groups in total. The maximum absolute atomic E-state index is 12.1. The lowest BCUT2D eigenvalue weighted by Crippen LogP contribution is -2.50. The fourth-order valence-electron chi connectivity index (χ4n) is 2.18. The second kappa shape index (κ2) is 4.24. The van der Waals surface area contributed by atoms with E-state index in [-0.39, 0.29) is 11.8 Å². The monoisotopic (exact) mass is 236 g/mol. The molecule has 1 aliphatic rings. The third kappa shape index (κ3) is 2.18. The summed E-state index contributed by atoms with van der Waals surface area (Å²) in [5, 5.41) is 0. The molecule has 92 valence electrons. The van der Waals surface area contributed by atoms with E-state index in [0.29, 0.717) is 18.7 Å². The second-order valence-electron chi connectivity index (χ2n) is 4.77. The average Bonchev–Trinajstić information content (AvgIpc) is 2.81. The fraction of sp³-hybridized carbons (Fsp3) is 0.500. The second-order valence-corrected chi connectivity index (χ2v) is 4.77. The zero-order chi connectivity index (χ0) is 12.5. The van der Waals surface area contributed by atoms with Gasteiger partial charge in [0.1, 0.15) is 6.26 Å². The minimum atomic E-state index is -0.613. The van der Waals surface area contributed by atoms with Crippen molar-refractivity contribution in [2.24, 2.45) is 11.1 Å². The maximum atomic E-state index is 12.1. The van der Waals surface area contributed by atoms with Crippen LogP contribution in [0.25, 0.3) is 0 Å². The molecule has 1 saturated heterocycles. The Morgan fingerprint density at radius 1 is 1.53 bits per heavy atom. The van der Waals surface area contributed by atoms with Crippen molar-refractivity contribution in [2.45, 2.75) is 19.8 Å². The number of likely N-dealkylation sites (tertiary alicyclic amines) is 1. The Labute approximate surface area is 99.6 Å². The molecule has 0 aromatic carbocycles. The Morgan fingerprint density at radius 2 is 2.29 bits per heavy atom. The van der Waals surface area contributed by atoms with Gasteiger partial charge in [-0.05, 0) is 25.8 Å².